The van der Waals surface area contributed by atoms with Crippen LogP contribution in [0.1, 0.15) is 6.92 Å². The highest BCUT2D eigenvalue weighted by molar-refractivity contribution is 6.30. The maximum absolute atomic E-state index is 11.7. The molecule has 1 unspecified atom stereocenters. The van der Waals surface area contributed by atoms with Crippen molar-refractivity contribution < 1.29 is 4.79 Å². The van der Waals surface area contributed by atoms with E-state index in [2.05, 4.69) is 9.88 Å². The number of nitrogens with zero attached hydrogens (tertiary/aromatic N) is 3. The van der Waals surface area contributed by atoms with Gasteiger partial charge in [-0.25, -0.2) is 4.98 Å². The van der Waals surface area contributed by atoms with Crippen LogP contribution in [0.25, 0.3) is 0 Å². The maximum Gasteiger partial charge on any atom is 0.239 e. The Hall–Kier alpha value is -1.04. The largest absolute Gasteiger partial charge is 0.353 e. The number of hydrogen-bond acceptors (Lipinski definition) is 4. The van der Waals surface area contributed by atoms with Gasteiger partial charge in [-0.05, 0) is 19.1 Å². The lowest BCUT2D eigenvalue weighted by Crippen LogP contribution is -2.52. The smallest absolute Gasteiger partial charge is 0.239 e. The van der Waals surface area contributed by atoms with Gasteiger partial charge in [0.2, 0.25) is 5.91 Å². The molecule has 0 bridgehead atoms. The molecule has 1 aromatic heterocycles. The fourth-order valence-corrected chi connectivity index (χ4v) is 2.11. The third kappa shape index (κ3) is 3.96. The van der Waals surface area contributed by atoms with Gasteiger partial charge in [0.25, 0.3) is 0 Å². The van der Waals surface area contributed by atoms with Crippen molar-refractivity contribution >= 4 is 35.7 Å². The molecular formula is C12H18Cl2N4O. The van der Waals surface area contributed by atoms with Gasteiger partial charge < -0.3 is 15.5 Å². The second-order valence-electron chi connectivity index (χ2n) is 4.44. The van der Waals surface area contributed by atoms with Gasteiger partial charge >= 0.3 is 0 Å². The first-order chi connectivity index (χ1) is 8.58. The molecule has 0 aliphatic carbocycles. The second-order valence-corrected chi connectivity index (χ2v) is 4.87. The molecule has 1 atom stereocenters. The van der Waals surface area contributed by atoms with Gasteiger partial charge in [0.1, 0.15) is 5.82 Å². The first-order valence-corrected chi connectivity index (χ1v) is 6.36. The van der Waals surface area contributed by atoms with E-state index in [0.29, 0.717) is 18.1 Å². The minimum atomic E-state index is -0.426. The van der Waals surface area contributed by atoms with E-state index >= 15 is 0 Å². The standard InChI is InChI=1S/C12H17ClN4O.ClH/c1-9(14)12(18)17-6-4-16(5-7-17)11-3-2-10(13)8-15-11;/h2-3,8-9H,4-7,14H2,1H3;1H. The van der Waals surface area contributed by atoms with E-state index in [1.807, 2.05) is 12.1 Å². The number of anilines is 1. The van der Waals surface area contributed by atoms with Gasteiger partial charge in [-0.3, -0.25) is 4.79 Å². The molecule has 2 N–H and O–H groups in total. The van der Waals surface area contributed by atoms with E-state index in [1.165, 1.54) is 0 Å². The molecule has 106 valence electrons. The third-order valence-electron chi connectivity index (χ3n) is 3.02. The first kappa shape index (κ1) is 16.0. The van der Waals surface area contributed by atoms with Crippen LogP contribution in [0.3, 0.4) is 0 Å². The minimum Gasteiger partial charge on any atom is -0.353 e. The Kier molecular flexibility index (Phi) is 5.85. The van der Waals surface area contributed by atoms with Gasteiger partial charge in [0.15, 0.2) is 0 Å². The Morgan fingerprint density at radius 1 is 1.37 bits per heavy atom. The summed E-state index contributed by atoms with van der Waals surface area (Å²) in [5.74, 6) is 0.908. The number of pyridine rings is 1. The van der Waals surface area contributed by atoms with E-state index in [4.69, 9.17) is 17.3 Å². The summed E-state index contributed by atoms with van der Waals surface area (Å²) in [6.07, 6.45) is 1.64. The fourth-order valence-electron chi connectivity index (χ4n) is 2.00. The Bertz CT molecular complexity index is 416. The zero-order valence-electron chi connectivity index (χ0n) is 10.8. The zero-order valence-corrected chi connectivity index (χ0v) is 12.3. The number of aromatic nitrogens is 1. The Labute approximate surface area is 124 Å². The predicted octanol–water partition coefficient (Wildman–Crippen LogP) is 1.15. The second kappa shape index (κ2) is 6.93. The minimum absolute atomic E-state index is 0. The summed E-state index contributed by atoms with van der Waals surface area (Å²) >= 11 is 5.80. The lowest BCUT2D eigenvalue weighted by Gasteiger charge is -2.36. The molecule has 2 rings (SSSR count). The first-order valence-electron chi connectivity index (χ1n) is 5.99. The molecule has 0 aromatic carbocycles. The number of nitrogens with two attached hydrogens (primary N) is 1. The number of hydrogen-bond donors (Lipinski definition) is 1. The Balaban J connectivity index is 0.00000180. The number of carbonyl (C=O) groups is 1. The molecule has 19 heavy (non-hydrogen) atoms. The maximum atomic E-state index is 11.7. The van der Waals surface area contributed by atoms with E-state index in [9.17, 15) is 4.79 Å². The molecule has 2 heterocycles. The van der Waals surface area contributed by atoms with E-state index in [0.717, 1.165) is 18.9 Å². The molecule has 0 radical (unpaired) electrons. The van der Waals surface area contributed by atoms with Crippen LogP contribution in [-0.4, -0.2) is 48.0 Å². The summed E-state index contributed by atoms with van der Waals surface area (Å²) in [5.41, 5.74) is 5.60. The number of carbonyl (C=O) groups excluding carboxylic acids is 1. The highest BCUT2D eigenvalue weighted by atomic mass is 35.5. The summed E-state index contributed by atoms with van der Waals surface area (Å²) in [6.45, 7) is 4.63. The van der Waals surface area contributed by atoms with Crippen molar-refractivity contribution in [2.75, 3.05) is 31.1 Å². The van der Waals surface area contributed by atoms with E-state index < -0.39 is 6.04 Å². The monoisotopic (exact) mass is 304 g/mol. The van der Waals surface area contributed by atoms with Gasteiger partial charge in [-0.15, -0.1) is 12.4 Å². The van der Waals surface area contributed by atoms with Crippen LogP contribution in [0.5, 0.6) is 0 Å². The highest BCUT2D eigenvalue weighted by Crippen LogP contribution is 2.16. The van der Waals surface area contributed by atoms with Crippen molar-refractivity contribution in [2.45, 2.75) is 13.0 Å². The van der Waals surface area contributed by atoms with Crippen molar-refractivity contribution in [1.82, 2.24) is 9.88 Å². The topological polar surface area (TPSA) is 62.5 Å². The number of amides is 1. The Morgan fingerprint density at radius 3 is 2.47 bits per heavy atom. The molecule has 1 aliphatic heterocycles. The van der Waals surface area contributed by atoms with Crippen molar-refractivity contribution in [1.29, 1.82) is 0 Å². The lowest BCUT2D eigenvalue weighted by molar-refractivity contribution is -0.132. The van der Waals surface area contributed by atoms with Gasteiger partial charge in [0, 0.05) is 32.4 Å². The van der Waals surface area contributed by atoms with Crippen LogP contribution in [0.4, 0.5) is 5.82 Å². The van der Waals surface area contributed by atoms with Crippen LogP contribution in [-0.2, 0) is 4.79 Å². The normalized spacial score (nSPS) is 16.8. The molecule has 1 saturated heterocycles. The molecule has 1 aliphatic rings. The van der Waals surface area contributed by atoms with Crippen LogP contribution >= 0.6 is 24.0 Å². The summed E-state index contributed by atoms with van der Waals surface area (Å²) in [6, 6.07) is 3.29. The van der Waals surface area contributed by atoms with Gasteiger partial charge in [-0.1, -0.05) is 11.6 Å². The SMILES string of the molecule is CC(N)C(=O)N1CCN(c2ccc(Cl)cn2)CC1.Cl. The summed E-state index contributed by atoms with van der Waals surface area (Å²) in [5, 5.41) is 0.629. The number of rotatable bonds is 2. The number of piperazine rings is 1. The van der Waals surface area contributed by atoms with Crippen LogP contribution in [0.2, 0.25) is 5.02 Å². The quantitative estimate of drug-likeness (QED) is 0.890. The average molecular weight is 305 g/mol. The third-order valence-corrected chi connectivity index (χ3v) is 3.24. The molecule has 1 fully saturated rings. The van der Waals surface area contributed by atoms with E-state index in [-0.39, 0.29) is 18.3 Å². The zero-order chi connectivity index (χ0) is 13.1. The van der Waals surface area contributed by atoms with E-state index in [1.54, 1.807) is 18.0 Å². The van der Waals surface area contributed by atoms with Crippen molar-refractivity contribution in [3.05, 3.63) is 23.4 Å². The molecule has 1 amide bonds. The summed E-state index contributed by atoms with van der Waals surface area (Å²) < 4.78 is 0. The van der Waals surface area contributed by atoms with Crippen molar-refractivity contribution in [2.24, 2.45) is 5.73 Å². The van der Waals surface area contributed by atoms with Crippen LogP contribution in [0.15, 0.2) is 18.3 Å². The molecule has 1 aromatic rings. The highest BCUT2D eigenvalue weighted by Gasteiger charge is 2.23. The molecule has 0 spiro atoms. The summed E-state index contributed by atoms with van der Waals surface area (Å²) in [7, 11) is 0. The lowest BCUT2D eigenvalue weighted by atomic mass is 10.2. The fraction of sp³-hybridized carbons (Fsp3) is 0.500. The summed E-state index contributed by atoms with van der Waals surface area (Å²) in [4.78, 5) is 20.0. The molecule has 7 heteroatoms. The van der Waals surface area contributed by atoms with Crippen molar-refractivity contribution in [3.63, 3.8) is 0 Å². The van der Waals surface area contributed by atoms with Crippen LogP contribution < -0.4 is 10.6 Å². The van der Waals surface area contributed by atoms with Crippen molar-refractivity contribution in [3.8, 4) is 0 Å². The number of halogens is 2. The van der Waals surface area contributed by atoms with Gasteiger partial charge in [0.05, 0.1) is 11.1 Å². The Morgan fingerprint density at radius 2 is 2.00 bits per heavy atom. The molecular weight excluding hydrogens is 287 g/mol. The predicted molar refractivity (Wildman–Crippen MR) is 78.9 cm³/mol. The average Bonchev–Trinajstić information content (AvgIpc) is 2.39. The molecule has 0 saturated carbocycles. The molecule has 5 nitrogen and oxygen atoms in total. The van der Waals surface area contributed by atoms with Gasteiger partial charge in [-0.2, -0.15) is 0 Å². The van der Waals surface area contributed by atoms with Crippen LogP contribution in [0, 0.1) is 0 Å².